The van der Waals surface area contributed by atoms with Crippen LogP contribution in [0.25, 0.3) is 0 Å². The number of aliphatic hydroxyl groups is 1. The Morgan fingerprint density at radius 2 is 1.50 bits per heavy atom. The van der Waals surface area contributed by atoms with Gasteiger partial charge in [-0.15, -0.1) is 0 Å². The molecule has 0 bridgehead atoms. The van der Waals surface area contributed by atoms with Gasteiger partial charge in [-0.1, -0.05) is 41.9 Å². The summed E-state index contributed by atoms with van der Waals surface area (Å²) in [7, 11) is 4.60. The second-order valence-corrected chi connectivity index (χ2v) is 11.9. The molecule has 5 N–H and O–H groups in total. The van der Waals surface area contributed by atoms with Crippen molar-refractivity contribution in [1.29, 1.82) is 0 Å². The number of aliphatic carboxylic acids is 1. The maximum absolute atomic E-state index is 12.9. The van der Waals surface area contributed by atoms with E-state index in [2.05, 4.69) is 5.32 Å². The molecule has 36 heavy (non-hydrogen) atoms. The van der Waals surface area contributed by atoms with Crippen LogP contribution in [0.3, 0.4) is 0 Å². The fourth-order valence-corrected chi connectivity index (χ4v) is 7.04. The van der Waals surface area contributed by atoms with Gasteiger partial charge >= 0.3 is 5.97 Å². The third-order valence-corrected chi connectivity index (χ3v) is 9.10. The Labute approximate surface area is 222 Å². The summed E-state index contributed by atoms with van der Waals surface area (Å²) in [6.07, 6.45) is 0.315. The van der Waals surface area contributed by atoms with Crippen molar-refractivity contribution in [1.82, 2.24) is 5.32 Å². The Morgan fingerprint density at radius 3 is 1.92 bits per heavy atom. The number of hydrogen-bond donors (Lipinski definition) is 4. The van der Waals surface area contributed by atoms with Crippen molar-refractivity contribution in [3.63, 3.8) is 0 Å². The van der Waals surface area contributed by atoms with Gasteiger partial charge in [-0.3, -0.25) is 24.0 Å². The van der Waals surface area contributed by atoms with Crippen molar-refractivity contribution in [2.75, 3.05) is 18.6 Å². The smallest absolute Gasteiger partial charge is 0.305 e. The number of carboxylic acid groups (broad SMARTS) is 1. The first kappa shape index (κ1) is 34.7. The van der Waals surface area contributed by atoms with Gasteiger partial charge in [0.2, 0.25) is 0 Å². The molecule has 208 valence electrons. The fourth-order valence-electron chi connectivity index (χ4n) is 4.35. The largest absolute Gasteiger partial charge is 0.481 e. The standard InChI is InChI=1S/C25H44N2O7S2/c1-7-17(24(15(4)29)16(5)30)10-22(31)21(27-6)13-36-35-12-19(14(3)28)9-18(8-2)25(34)20(26)11-23(32)33/h15,17-21,24,27,29H,7-13,26H2,1-6H3,(H,32,33)/t15-,17?,18?,19+,20+,21+,24+/m1/s1. The summed E-state index contributed by atoms with van der Waals surface area (Å²) >= 11 is 0. The van der Waals surface area contributed by atoms with Gasteiger partial charge in [-0.25, -0.2) is 0 Å². The molecule has 0 aromatic carbocycles. The summed E-state index contributed by atoms with van der Waals surface area (Å²) in [5.74, 6) is -2.46. The van der Waals surface area contributed by atoms with Crippen LogP contribution in [-0.2, 0) is 24.0 Å². The number of carbonyl (C=O) groups excluding carboxylic acids is 4. The van der Waals surface area contributed by atoms with Crippen LogP contribution in [0, 0.1) is 23.7 Å². The maximum atomic E-state index is 12.9. The molecule has 9 nitrogen and oxygen atoms in total. The summed E-state index contributed by atoms with van der Waals surface area (Å²) in [6.45, 7) is 8.20. The van der Waals surface area contributed by atoms with Crippen LogP contribution in [0.15, 0.2) is 0 Å². The van der Waals surface area contributed by atoms with E-state index in [4.69, 9.17) is 10.8 Å². The molecule has 0 saturated carbocycles. The van der Waals surface area contributed by atoms with Gasteiger partial charge in [-0.2, -0.15) is 0 Å². The minimum atomic E-state index is -1.14. The lowest BCUT2D eigenvalue weighted by Crippen LogP contribution is -2.40. The Kier molecular flexibility index (Phi) is 17.4. The van der Waals surface area contributed by atoms with E-state index in [1.165, 1.54) is 35.4 Å². The van der Waals surface area contributed by atoms with Crippen molar-refractivity contribution < 1.29 is 34.2 Å². The van der Waals surface area contributed by atoms with E-state index in [0.29, 0.717) is 30.8 Å². The normalized spacial score (nSPS) is 17.3. The molecule has 0 radical (unpaired) electrons. The molecular weight excluding hydrogens is 504 g/mol. The highest BCUT2D eigenvalue weighted by Crippen LogP contribution is 2.30. The summed E-state index contributed by atoms with van der Waals surface area (Å²) in [5.41, 5.74) is 5.74. The van der Waals surface area contributed by atoms with Crippen LogP contribution in [0.2, 0.25) is 0 Å². The topological polar surface area (TPSA) is 164 Å². The molecule has 0 spiro atoms. The maximum Gasteiger partial charge on any atom is 0.305 e. The van der Waals surface area contributed by atoms with Crippen molar-refractivity contribution in [3.05, 3.63) is 0 Å². The van der Waals surface area contributed by atoms with E-state index in [9.17, 15) is 29.1 Å². The van der Waals surface area contributed by atoms with E-state index >= 15 is 0 Å². The summed E-state index contributed by atoms with van der Waals surface area (Å²) in [4.78, 5) is 60.5. The van der Waals surface area contributed by atoms with Gasteiger partial charge in [0.1, 0.15) is 11.6 Å². The molecule has 2 unspecified atom stereocenters. The lowest BCUT2D eigenvalue weighted by atomic mass is 9.80. The number of nitrogens with one attached hydrogen (secondary N) is 1. The zero-order valence-electron chi connectivity index (χ0n) is 22.3. The SMILES string of the molecule is CCC(C[C@@H](CSSC[C@H](NC)C(=O)CC(CC)[C@H](C(C)=O)[C@@H](C)O)C(C)=O)C(=O)[C@@H](N)CC(=O)O. The first-order valence-corrected chi connectivity index (χ1v) is 14.9. The number of carbonyl (C=O) groups is 5. The second kappa shape index (κ2) is 18.1. The number of Topliss-reactive ketones (excluding diaryl/α,β-unsaturated/α-hetero) is 4. The molecule has 0 rings (SSSR count). The molecule has 0 aliphatic rings. The predicted octanol–water partition coefficient (Wildman–Crippen LogP) is 2.52. The van der Waals surface area contributed by atoms with Crippen LogP contribution < -0.4 is 11.1 Å². The molecule has 0 aliphatic heterocycles. The Hall–Kier alpha value is -1.27. The highest BCUT2D eigenvalue weighted by molar-refractivity contribution is 8.76. The molecule has 0 amide bonds. The van der Waals surface area contributed by atoms with Gasteiger partial charge < -0.3 is 21.3 Å². The van der Waals surface area contributed by atoms with Crippen LogP contribution in [0.4, 0.5) is 0 Å². The van der Waals surface area contributed by atoms with Crippen LogP contribution in [0.1, 0.15) is 66.7 Å². The molecule has 7 atom stereocenters. The monoisotopic (exact) mass is 548 g/mol. The predicted molar refractivity (Wildman–Crippen MR) is 145 cm³/mol. The summed E-state index contributed by atoms with van der Waals surface area (Å²) in [5, 5.41) is 21.9. The van der Waals surface area contributed by atoms with E-state index in [1.54, 1.807) is 14.0 Å². The quantitative estimate of drug-likeness (QED) is 0.123. The van der Waals surface area contributed by atoms with Crippen LogP contribution in [-0.4, -0.2) is 76.1 Å². The fraction of sp³-hybridized carbons (Fsp3) is 0.800. The van der Waals surface area contributed by atoms with E-state index in [-0.39, 0.29) is 41.4 Å². The molecule has 0 saturated heterocycles. The molecular formula is C25H44N2O7S2. The number of rotatable bonds is 21. The van der Waals surface area contributed by atoms with Gasteiger partial charge in [0.05, 0.1) is 24.6 Å². The molecule has 0 aliphatic carbocycles. The molecule has 11 heteroatoms. The van der Waals surface area contributed by atoms with Crippen molar-refractivity contribution >= 4 is 50.7 Å². The van der Waals surface area contributed by atoms with Gasteiger partial charge in [0, 0.05) is 35.7 Å². The lowest BCUT2D eigenvalue weighted by Gasteiger charge is -2.27. The highest BCUT2D eigenvalue weighted by atomic mass is 33.1. The first-order chi connectivity index (χ1) is 16.8. The average Bonchev–Trinajstić information content (AvgIpc) is 2.78. The van der Waals surface area contributed by atoms with Crippen LogP contribution >= 0.6 is 21.6 Å². The number of carboxylic acids is 1. The number of nitrogens with two attached hydrogens (primary N) is 1. The Morgan fingerprint density at radius 1 is 0.917 bits per heavy atom. The third kappa shape index (κ3) is 12.3. The van der Waals surface area contributed by atoms with E-state index in [0.717, 1.165) is 0 Å². The zero-order valence-corrected chi connectivity index (χ0v) is 24.0. The third-order valence-electron chi connectivity index (χ3n) is 6.61. The van der Waals surface area contributed by atoms with E-state index < -0.39 is 42.4 Å². The Balaban J connectivity index is 4.96. The van der Waals surface area contributed by atoms with Gasteiger partial charge in [0.25, 0.3) is 0 Å². The first-order valence-electron chi connectivity index (χ1n) is 12.4. The minimum absolute atomic E-state index is 0.0310. The molecule has 0 aromatic rings. The van der Waals surface area contributed by atoms with Crippen molar-refractivity contribution in [2.45, 2.75) is 84.9 Å². The summed E-state index contributed by atoms with van der Waals surface area (Å²) < 4.78 is 0. The number of aliphatic hydroxyl groups excluding tert-OH is 1. The lowest BCUT2D eigenvalue weighted by molar-refractivity contribution is -0.140. The van der Waals surface area contributed by atoms with Gasteiger partial charge in [0.15, 0.2) is 11.6 Å². The van der Waals surface area contributed by atoms with Crippen LogP contribution in [0.5, 0.6) is 0 Å². The zero-order chi connectivity index (χ0) is 28.0. The Bertz CT molecular complexity index is 748. The van der Waals surface area contributed by atoms with E-state index in [1.807, 2.05) is 13.8 Å². The second-order valence-electron chi connectivity index (χ2n) is 9.38. The molecule has 0 aromatic heterocycles. The number of hydrogen-bond acceptors (Lipinski definition) is 10. The summed E-state index contributed by atoms with van der Waals surface area (Å²) in [6, 6.07) is -1.53. The minimum Gasteiger partial charge on any atom is -0.481 e. The van der Waals surface area contributed by atoms with Crippen molar-refractivity contribution in [2.24, 2.45) is 29.4 Å². The highest BCUT2D eigenvalue weighted by Gasteiger charge is 2.32. The molecule has 0 fully saturated rings. The molecule has 0 heterocycles. The van der Waals surface area contributed by atoms with Crippen molar-refractivity contribution in [3.8, 4) is 0 Å². The average molecular weight is 549 g/mol. The number of likely N-dealkylation sites (N-methyl/N-ethyl adjacent to an activating group) is 1. The number of ketones is 4. The van der Waals surface area contributed by atoms with Gasteiger partial charge in [-0.05, 0) is 46.6 Å².